The number of benzene rings is 2. The van der Waals surface area contributed by atoms with Crippen LogP contribution in [0.3, 0.4) is 0 Å². The Labute approximate surface area is 189 Å². The molecule has 1 amide bonds. The number of amides is 1. The second-order valence-electron chi connectivity index (χ2n) is 7.56. The number of ether oxygens (including phenoxy) is 2. The zero-order valence-corrected chi connectivity index (χ0v) is 19.3. The van der Waals surface area contributed by atoms with Crippen LogP contribution < -0.4 is 20.1 Å². The number of thiocarbonyl (C=S) groups is 1. The molecule has 2 N–H and O–H groups in total. The third-order valence-electron chi connectivity index (χ3n) is 5.49. The first-order valence-electron chi connectivity index (χ1n) is 10.7. The van der Waals surface area contributed by atoms with Crippen molar-refractivity contribution in [3.63, 3.8) is 0 Å². The third-order valence-corrected chi connectivity index (χ3v) is 5.87. The number of methoxy groups -OCH3 is 2. The molecule has 0 fully saturated rings. The summed E-state index contributed by atoms with van der Waals surface area (Å²) in [7, 11) is 3.28. The number of hydrogen-bond donors (Lipinski definition) is 2. The average molecular weight is 442 g/mol. The molecule has 0 aliphatic carbocycles. The Morgan fingerprint density at radius 3 is 2.52 bits per heavy atom. The van der Waals surface area contributed by atoms with E-state index in [0.717, 1.165) is 37.1 Å². The minimum absolute atomic E-state index is 0.00816. The van der Waals surface area contributed by atoms with Gasteiger partial charge in [0.05, 0.1) is 26.7 Å². The molecular formula is C24H31N3O3S. The Hall–Kier alpha value is -2.80. The van der Waals surface area contributed by atoms with E-state index >= 15 is 0 Å². The van der Waals surface area contributed by atoms with Gasteiger partial charge < -0.3 is 25.0 Å². The quantitative estimate of drug-likeness (QED) is 0.614. The van der Waals surface area contributed by atoms with Gasteiger partial charge in [-0.1, -0.05) is 37.3 Å². The van der Waals surface area contributed by atoms with Gasteiger partial charge in [-0.05, 0) is 53.9 Å². The smallest absolute Gasteiger partial charge is 0.224 e. The lowest BCUT2D eigenvalue weighted by molar-refractivity contribution is -0.120. The monoisotopic (exact) mass is 441 g/mol. The van der Waals surface area contributed by atoms with Crippen molar-refractivity contribution in [2.45, 2.75) is 32.2 Å². The van der Waals surface area contributed by atoms with Gasteiger partial charge in [0.25, 0.3) is 0 Å². The molecule has 0 saturated heterocycles. The number of nitrogens with zero attached hydrogens (tertiary/aromatic N) is 1. The summed E-state index contributed by atoms with van der Waals surface area (Å²) in [6.07, 6.45) is 2.19. The molecular weight excluding hydrogens is 410 g/mol. The van der Waals surface area contributed by atoms with E-state index in [0.29, 0.717) is 29.6 Å². The maximum Gasteiger partial charge on any atom is 0.224 e. The van der Waals surface area contributed by atoms with Gasteiger partial charge in [0.15, 0.2) is 16.6 Å². The van der Waals surface area contributed by atoms with Crippen molar-refractivity contribution in [1.29, 1.82) is 0 Å². The van der Waals surface area contributed by atoms with Crippen LogP contribution in [0.2, 0.25) is 0 Å². The standard InChI is InChI=1S/C24H31N3O3S/c1-4-11-25-24(31)27-12-10-18-14-21(29-2)22(30-3)15-19(18)20(27)16-26-23(28)13-17-8-6-5-7-9-17/h5-9,14-15,20H,4,10-13,16H2,1-3H3,(H,25,31)(H,26,28)/t20-/m0/s1. The van der Waals surface area contributed by atoms with Crippen LogP contribution in [0.1, 0.15) is 36.1 Å². The molecule has 166 valence electrons. The zero-order chi connectivity index (χ0) is 22.2. The summed E-state index contributed by atoms with van der Waals surface area (Å²) in [5, 5.41) is 7.15. The number of rotatable bonds is 8. The molecule has 2 aromatic rings. The lowest BCUT2D eigenvalue weighted by atomic mass is 9.92. The maximum absolute atomic E-state index is 12.6. The molecule has 31 heavy (non-hydrogen) atoms. The third kappa shape index (κ3) is 5.67. The fourth-order valence-electron chi connectivity index (χ4n) is 3.88. The number of carbonyl (C=O) groups excluding carboxylic acids is 1. The van der Waals surface area contributed by atoms with Gasteiger partial charge in [-0.25, -0.2) is 0 Å². The van der Waals surface area contributed by atoms with E-state index in [1.807, 2.05) is 42.5 Å². The van der Waals surface area contributed by atoms with Crippen LogP contribution in [0.4, 0.5) is 0 Å². The zero-order valence-electron chi connectivity index (χ0n) is 18.4. The van der Waals surface area contributed by atoms with Gasteiger partial charge in [0.1, 0.15) is 0 Å². The van der Waals surface area contributed by atoms with Crippen LogP contribution in [0.15, 0.2) is 42.5 Å². The van der Waals surface area contributed by atoms with Gasteiger partial charge in [0, 0.05) is 19.6 Å². The fraction of sp³-hybridized carbons (Fsp3) is 0.417. The number of hydrogen-bond acceptors (Lipinski definition) is 4. The molecule has 1 heterocycles. The minimum atomic E-state index is -0.0832. The van der Waals surface area contributed by atoms with E-state index in [1.54, 1.807) is 14.2 Å². The summed E-state index contributed by atoms with van der Waals surface area (Å²) >= 11 is 5.69. The highest BCUT2D eigenvalue weighted by Gasteiger charge is 2.31. The van der Waals surface area contributed by atoms with Crippen LogP contribution in [-0.4, -0.2) is 49.8 Å². The maximum atomic E-state index is 12.6. The molecule has 0 aromatic heterocycles. The minimum Gasteiger partial charge on any atom is -0.493 e. The van der Waals surface area contributed by atoms with E-state index in [2.05, 4.69) is 22.5 Å². The molecule has 0 radical (unpaired) electrons. The molecule has 3 rings (SSSR count). The highest BCUT2D eigenvalue weighted by Crippen LogP contribution is 2.38. The molecule has 0 unspecified atom stereocenters. The molecule has 0 saturated carbocycles. The summed E-state index contributed by atoms with van der Waals surface area (Å²) < 4.78 is 11.0. The first kappa shape index (κ1) is 22.9. The number of carbonyl (C=O) groups is 1. The van der Waals surface area contributed by atoms with Crippen molar-refractivity contribution in [2.24, 2.45) is 0 Å². The number of fused-ring (bicyclic) bond motifs is 1. The van der Waals surface area contributed by atoms with Crippen molar-refractivity contribution >= 4 is 23.2 Å². The van der Waals surface area contributed by atoms with Crippen molar-refractivity contribution in [1.82, 2.24) is 15.5 Å². The second kappa shape index (κ2) is 11.0. The van der Waals surface area contributed by atoms with E-state index in [-0.39, 0.29) is 11.9 Å². The summed E-state index contributed by atoms with van der Waals surface area (Å²) in [4.78, 5) is 14.8. The van der Waals surface area contributed by atoms with E-state index in [1.165, 1.54) is 5.56 Å². The summed E-state index contributed by atoms with van der Waals surface area (Å²) in [5.74, 6) is 1.38. The second-order valence-corrected chi connectivity index (χ2v) is 7.95. The van der Waals surface area contributed by atoms with Crippen LogP contribution in [0, 0.1) is 0 Å². The Kier molecular flexibility index (Phi) is 8.12. The number of nitrogens with one attached hydrogen (secondary N) is 2. The van der Waals surface area contributed by atoms with Crippen LogP contribution in [-0.2, 0) is 17.6 Å². The molecule has 1 aliphatic rings. The summed E-state index contributed by atoms with van der Waals surface area (Å²) in [6.45, 7) is 4.17. The van der Waals surface area contributed by atoms with Crippen molar-refractivity contribution in [2.75, 3.05) is 33.9 Å². The van der Waals surface area contributed by atoms with E-state index in [9.17, 15) is 4.79 Å². The van der Waals surface area contributed by atoms with Crippen molar-refractivity contribution in [3.8, 4) is 11.5 Å². The first-order chi connectivity index (χ1) is 15.1. The lowest BCUT2D eigenvalue weighted by Crippen LogP contribution is -2.49. The van der Waals surface area contributed by atoms with Gasteiger partial charge in [-0.15, -0.1) is 0 Å². The molecule has 0 bridgehead atoms. The SMILES string of the molecule is CCCNC(=S)N1CCc2cc(OC)c(OC)cc2[C@@H]1CNC(=O)Cc1ccccc1. The van der Waals surface area contributed by atoms with Gasteiger partial charge >= 0.3 is 0 Å². The predicted octanol–water partition coefficient (Wildman–Crippen LogP) is 3.25. The highest BCUT2D eigenvalue weighted by molar-refractivity contribution is 7.80. The van der Waals surface area contributed by atoms with Crippen LogP contribution in [0.25, 0.3) is 0 Å². The van der Waals surface area contributed by atoms with E-state index < -0.39 is 0 Å². The lowest BCUT2D eigenvalue weighted by Gasteiger charge is -2.39. The van der Waals surface area contributed by atoms with E-state index in [4.69, 9.17) is 21.7 Å². The largest absolute Gasteiger partial charge is 0.493 e. The fourth-order valence-corrected chi connectivity index (χ4v) is 4.20. The molecule has 6 nitrogen and oxygen atoms in total. The Morgan fingerprint density at radius 2 is 1.84 bits per heavy atom. The van der Waals surface area contributed by atoms with Crippen LogP contribution >= 0.6 is 12.2 Å². The van der Waals surface area contributed by atoms with Gasteiger partial charge in [0.2, 0.25) is 5.91 Å². The van der Waals surface area contributed by atoms with Crippen molar-refractivity contribution < 1.29 is 14.3 Å². The molecule has 2 aromatic carbocycles. The summed E-state index contributed by atoms with van der Waals surface area (Å²) in [6, 6.07) is 13.7. The molecule has 0 spiro atoms. The highest BCUT2D eigenvalue weighted by atomic mass is 32.1. The molecule has 1 atom stereocenters. The van der Waals surface area contributed by atoms with Gasteiger partial charge in [-0.3, -0.25) is 4.79 Å². The summed E-state index contributed by atoms with van der Waals surface area (Å²) in [5.41, 5.74) is 3.28. The molecule has 1 aliphatic heterocycles. The Balaban J connectivity index is 1.82. The molecule has 7 heteroatoms. The normalized spacial score (nSPS) is 15.1. The topological polar surface area (TPSA) is 62.8 Å². The Bertz CT molecular complexity index is 904. The Morgan fingerprint density at radius 1 is 1.13 bits per heavy atom. The average Bonchev–Trinajstić information content (AvgIpc) is 2.80. The van der Waals surface area contributed by atoms with Crippen LogP contribution in [0.5, 0.6) is 11.5 Å². The van der Waals surface area contributed by atoms with Gasteiger partial charge in [-0.2, -0.15) is 0 Å². The first-order valence-corrected chi connectivity index (χ1v) is 11.1. The predicted molar refractivity (Wildman–Crippen MR) is 127 cm³/mol. The van der Waals surface area contributed by atoms with Crippen molar-refractivity contribution in [3.05, 3.63) is 59.2 Å².